The number of halogens is 1. The first-order valence-electron chi connectivity index (χ1n) is 11.3. The summed E-state index contributed by atoms with van der Waals surface area (Å²) >= 11 is 6.22. The number of rotatable bonds is 7. The molecule has 0 amide bonds. The van der Waals surface area contributed by atoms with Gasteiger partial charge in [-0.05, 0) is 42.0 Å². The maximum Gasteiger partial charge on any atom is 0.340 e. The van der Waals surface area contributed by atoms with Crippen LogP contribution in [0.15, 0.2) is 30.6 Å². The van der Waals surface area contributed by atoms with E-state index in [4.69, 9.17) is 21.4 Å². The molecule has 0 spiro atoms. The summed E-state index contributed by atoms with van der Waals surface area (Å²) in [7, 11) is -8.99. The smallest absolute Gasteiger partial charge is 0.340 e. The lowest BCUT2D eigenvalue weighted by molar-refractivity contribution is 0.0101. The number of aromatic nitrogens is 4. The lowest BCUT2D eigenvalue weighted by Gasteiger charge is -2.19. The predicted octanol–water partition coefficient (Wildman–Crippen LogP) is 1.41. The van der Waals surface area contributed by atoms with Gasteiger partial charge in [0.2, 0.25) is 5.28 Å². The first kappa shape index (κ1) is 25.5. The van der Waals surface area contributed by atoms with Crippen LogP contribution in [-0.4, -0.2) is 71.4 Å². The number of anilines is 1. The molecular formula is C21H25ClN5O7PS. The first-order valence-corrected chi connectivity index (χ1v) is 15.3. The van der Waals surface area contributed by atoms with Crippen molar-refractivity contribution in [3.63, 3.8) is 0 Å². The van der Waals surface area contributed by atoms with Crippen molar-refractivity contribution in [3.8, 4) is 0 Å². The molecule has 0 unspecified atom stereocenters. The van der Waals surface area contributed by atoms with Gasteiger partial charge in [0.1, 0.15) is 6.10 Å². The van der Waals surface area contributed by atoms with Gasteiger partial charge in [0.25, 0.3) is 0 Å². The monoisotopic (exact) mass is 557 g/mol. The van der Waals surface area contributed by atoms with Crippen LogP contribution in [0, 0.1) is 5.92 Å². The molecule has 194 valence electrons. The number of aliphatic hydroxyl groups is 2. The van der Waals surface area contributed by atoms with E-state index in [0.717, 1.165) is 18.4 Å². The van der Waals surface area contributed by atoms with Gasteiger partial charge in [-0.3, -0.25) is 4.57 Å². The minimum absolute atomic E-state index is 0.00280. The summed E-state index contributed by atoms with van der Waals surface area (Å²) in [4.78, 5) is 31.1. The van der Waals surface area contributed by atoms with E-state index >= 15 is 0 Å². The van der Waals surface area contributed by atoms with Crippen LogP contribution in [0.25, 0.3) is 11.2 Å². The molecule has 1 saturated carbocycles. The summed E-state index contributed by atoms with van der Waals surface area (Å²) in [6.07, 6.45) is 0.448. The molecular weight excluding hydrogens is 533 g/mol. The van der Waals surface area contributed by atoms with Crippen LogP contribution < -0.4 is 5.32 Å². The fraction of sp³-hybridized carbons (Fsp3) is 0.476. The van der Waals surface area contributed by atoms with Gasteiger partial charge in [-0.1, -0.05) is 24.3 Å². The van der Waals surface area contributed by atoms with Gasteiger partial charge in [0.05, 0.1) is 30.3 Å². The van der Waals surface area contributed by atoms with Crippen LogP contribution in [0.5, 0.6) is 0 Å². The number of fused-ring (bicyclic) bond motifs is 2. The third-order valence-electron chi connectivity index (χ3n) is 6.80. The van der Waals surface area contributed by atoms with E-state index in [-0.39, 0.29) is 17.7 Å². The summed E-state index contributed by atoms with van der Waals surface area (Å²) in [6.45, 7) is 0. The van der Waals surface area contributed by atoms with Crippen molar-refractivity contribution in [2.24, 2.45) is 5.92 Å². The predicted molar refractivity (Wildman–Crippen MR) is 131 cm³/mol. The van der Waals surface area contributed by atoms with Gasteiger partial charge in [0.15, 0.2) is 32.3 Å². The first-order chi connectivity index (χ1) is 16.9. The zero-order valence-corrected chi connectivity index (χ0v) is 21.3. The van der Waals surface area contributed by atoms with Crippen molar-refractivity contribution in [3.05, 3.63) is 47.0 Å². The Labute approximate surface area is 211 Å². The number of imidazole rings is 1. The average molecular weight is 558 g/mol. The Morgan fingerprint density at radius 2 is 1.92 bits per heavy atom. The van der Waals surface area contributed by atoms with Crippen molar-refractivity contribution < 1.29 is 33.0 Å². The molecule has 2 aromatic heterocycles. The fourth-order valence-electron chi connectivity index (χ4n) is 5.28. The zero-order chi connectivity index (χ0) is 25.8. The molecule has 5 rings (SSSR count). The second-order valence-electron chi connectivity index (χ2n) is 9.35. The summed E-state index contributed by atoms with van der Waals surface area (Å²) in [5.74, 6) is -1.20. The number of nitrogens with one attached hydrogen (secondary N) is 1. The van der Waals surface area contributed by atoms with Gasteiger partial charge in [0, 0.05) is 5.92 Å². The van der Waals surface area contributed by atoms with Crippen LogP contribution in [0.4, 0.5) is 5.82 Å². The van der Waals surface area contributed by atoms with Crippen LogP contribution in [0.3, 0.4) is 0 Å². The third-order valence-corrected chi connectivity index (χ3v) is 10.8. The van der Waals surface area contributed by atoms with Crippen LogP contribution in [-0.2, 0) is 20.8 Å². The molecule has 2 aliphatic carbocycles. The van der Waals surface area contributed by atoms with Crippen LogP contribution in [0.2, 0.25) is 5.28 Å². The Bertz CT molecular complexity index is 1460. The molecule has 1 aromatic carbocycles. The lowest BCUT2D eigenvalue weighted by Crippen LogP contribution is -2.32. The lowest BCUT2D eigenvalue weighted by atomic mass is 10.1. The number of sulfone groups is 1. The second-order valence-corrected chi connectivity index (χ2v) is 13.9. The Balaban J connectivity index is 1.42. The number of hydrogen-bond donors (Lipinski definition) is 5. The molecule has 5 N–H and O–H groups in total. The molecule has 0 bridgehead atoms. The van der Waals surface area contributed by atoms with E-state index < -0.39 is 52.8 Å². The molecule has 12 nitrogen and oxygen atoms in total. The third kappa shape index (κ3) is 5.01. The summed E-state index contributed by atoms with van der Waals surface area (Å²) in [5, 5.41) is 24.6. The van der Waals surface area contributed by atoms with Gasteiger partial charge >= 0.3 is 7.60 Å². The SMILES string of the molecule is O=P(O)(O)CS(=O)(=O)C[C@H]1C[C@@H](n2cnc3c(N[C@H]4CCc5ccccc54)nc(Cl)nc32)[C@H](O)[C@H]1O. The number of nitrogens with zero attached hydrogens (tertiary/aromatic N) is 4. The largest absolute Gasteiger partial charge is 0.390 e. The highest BCUT2D eigenvalue weighted by atomic mass is 35.5. The number of hydrogen-bond acceptors (Lipinski definition) is 9. The summed E-state index contributed by atoms with van der Waals surface area (Å²) in [6, 6.07) is 7.32. The van der Waals surface area contributed by atoms with Crippen molar-refractivity contribution in [2.45, 2.75) is 43.6 Å². The molecule has 0 saturated heterocycles. The van der Waals surface area contributed by atoms with E-state index in [1.165, 1.54) is 16.5 Å². The van der Waals surface area contributed by atoms with Crippen LogP contribution in [0.1, 0.15) is 36.1 Å². The van der Waals surface area contributed by atoms with Gasteiger partial charge in [-0.25, -0.2) is 13.4 Å². The highest BCUT2D eigenvalue weighted by Crippen LogP contribution is 2.41. The van der Waals surface area contributed by atoms with Crippen LogP contribution >= 0.6 is 19.2 Å². The maximum absolute atomic E-state index is 12.3. The minimum Gasteiger partial charge on any atom is -0.390 e. The minimum atomic E-state index is -4.81. The van der Waals surface area contributed by atoms with Gasteiger partial charge < -0.3 is 29.9 Å². The fourth-order valence-corrected chi connectivity index (χ4v) is 8.90. The topological polar surface area (TPSA) is 188 Å². The van der Waals surface area contributed by atoms with E-state index in [1.54, 1.807) is 0 Å². The molecule has 3 aromatic rings. The Kier molecular flexibility index (Phi) is 6.61. The zero-order valence-electron chi connectivity index (χ0n) is 18.8. The van der Waals surface area contributed by atoms with Crippen molar-refractivity contribution in [2.75, 3.05) is 16.6 Å². The Morgan fingerprint density at radius 3 is 2.67 bits per heavy atom. The molecule has 0 aliphatic heterocycles. The van der Waals surface area contributed by atoms with E-state index in [9.17, 15) is 23.2 Å². The summed E-state index contributed by atoms with van der Waals surface area (Å²) in [5.41, 5.74) is 1.80. The van der Waals surface area contributed by atoms with Gasteiger partial charge in [-0.15, -0.1) is 0 Å². The summed E-state index contributed by atoms with van der Waals surface area (Å²) < 4.78 is 37.2. The number of benzene rings is 1. The van der Waals surface area contributed by atoms with Crippen molar-refractivity contribution in [1.82, 2.24) is 19.5 Å². The Morgan fingerprint density at radius 1 is 1.17 bits per heavy atom. The molecule has 36 heavy (non-hydrogen) atoms. The second kappa shape index (κ2) is 9.32. The van der Waals surface area contributed by atoms with Crippen molar-refractivity contribution in [1.29, 1.82) is 0 Å². The van der Waals surface area contributed by atoms with E-state index in [2.05, 4.69) is 32.4 Å². The highest BCUT2D eigenvalue weighted by molar-refractivity contribution is 7.97. The molecule has 2 heterocycles. The number of aryl methyl sites for hydroxylation is 1. The molecule has 2 aliphatic rings. The average Bonchev–Trinajstić information content (AvgIpc) is 3.45. The standard InChI is InChI=1S/C21H25ClN5O7PS/c22-21-25-19(24-14-6-5-11-3-1-2-4-13(11)14)16-20(26-21)27(9-23-16)15-7-12(17(28)18(15)29)8-36(33,34)10-35(30,31)32/h1-4,9,12,14-15,17-18,28-29H,5-8,10H2,(H,24,25,26)(H2,30,31,32)/t12-,14+,15-,17+,18+/m1/s1. The highest BCUT2D eigenvalue weighted by Gasteiger charge is 2.45. The Hall–Kier alpha value is -2.12. The molecule has 0 radical (unpaired) electrons. The molecule has 15 heteroatoms. The molecule has 1 fully saturated rings. The van der Waals surface area contributed by atoms with Crippen molar-refractivity contribution >= 4 is 46.0 Å². The normalized spacial score (nSPS) is 26.4. The van der Waals surface area contributed by atoms with Gasteiger partial charge in [-0.2, -0.15) is 9.97 Å². The van der Waals surface area contributed by atoms with E-state index in [0.29, 0.717) is 17.0 Å². The maximum atomic E-state index is 12.3. The number of aliphatic hydroxyl groups excluding tert-OH is 2. The molecule has 5 atom stereocenters. The van der Waals surface area contributed by atoms with E-state index in [1.807, 2.05) is 12.1 Å². The quantitative estimate of drug-likeness (QED) is 0.209.